The maximum atomic E-state index is 4.17. The lowest BCUT2D eigenvalue weighted by Gasteiger charge is -2.21. The van der Waals surface area contributed by atoms with E-state index in [2.05, 4.69) is 85.7 Å². The maximum absolute atomic E-state index is 4.17. The highest BCUT2D eigenvalue weighted by Gasteiger charge is 2.15. The number of para-hydroxylation sites is 2. The number of hydrogen-bond donors (Lipinski definition) is 0. The fourth-order valence-corrected chi connectivity index (χ4v) is 5.50. The minimum atomic E-state index is 0.802. The van der Waals surface area contributed by atoms with E-state index in [4.69, 9.17) is 0 Å². The minimum absolute atomic E-state index is 0.802. The summed E-state index contributed by atoms with van der Waals surface area (Å²) in [6.45, 7) is 10.8. The van der Waals surface area contributed by atoms with Gasteiger partial charge in [0.2, 0.25) is 0 Å². The number of aliphatic imine (C=N–C) groups is 1. The largest absolute Gasteiger partial charge is 0.369 e. The van der Waals surface area contributed by atoms with Gasteiger partial charge in [0, 0.05) is 28.6 Å². The topological polar surface area (TPSA) is 15.6 Å². The molecule has 0 spiro atoms. The van der Waals surface area contributed by atoms with Gasteiger partial charge in [0.1, 0.15) is 0 Å². The van der Waals surface area contributed by atoms with Gasteiger partial charge in [-0.25, -0.2) is 0 Å². The number of rotatable bonds is 8. The highest BCUT2D eigenvalue weighted by atomic mass is 32.1. The number of nitrogens with zero attached hydrogens (tertiary/aromatic N) is 2. The third kappa shape index (κ3) is 4.19. The molecule has 0 bridgehead atoms. The minimum Gasteiger partial charge on any atom is -0.369 e. The summed E-state index contributed by atoms with van der Waals surface area (Å²) in [7, 11) is 2.10. The molecule has 2 aromatic carbocycles. The molecule has 0 radical (unpaired) electrons. The molecule has 3 heteroatoms. The van der Waals surface area contributed by atoms with Gasteiger partial charge >= 0.3 is 0 Å². The van der Waals surface area contributed by atoms with Crippen molar-refractivity contribution in [1.82, 2.24) is 0 Å². The number of anilines is 1. The quantitative estimate of drug-likeness (QED) is 0.395. The fourth-order valence-electron chi connectivity index (χ4n) is 4.19. The zero-order chi connectivity index (χ0) is 21.8. The van der Waals surface area contributed by atoms with Crippen molar-refractivity contribution in [2.75, 3.05) is 11.9 Å². The van der Waals surface area contributed by atoms with Crippen LogP contribution in [0.4, 0.5) is 11.4 Å². The van der Waals surface area contributed by atoms with Crippen LogP contribution in [-0.2, 0) is 6.54 Å². The van der Waals surface area contributed by atoms with E-state index in [-0.39, 0.29) is 0 Å². The van der Waals surface area contributed by atoms with E-state index < -0.39 is 0 Å². The van der Waals surface area contributed by atoms with Gasteiger partial charge in [-0.2, -0.15) is 0 Å². The summed E-state index contributed by atoms with van der Waals surface area (Å²) in [6, 6.07) is 17.0. The van der Waals surface area contributed by atoms with E-state index >= 15 is 0 Å². The summed E-state index contributed by atoms with van der Waals surface area (Å²) < 4.78 is 1.37. The lowest BCUT2D eigenvalue weighted by molar-refractivity contribution is 0.922. The third-order valence-corrected chi connectivity index (χ3v) is 6.87. The lowest BCUT2D eigenvalue weighted by atomic mass is 9.98. The van der Waals surface area contributed by atoms with Crippen LogP contribution in [0.5, 0.6) is 0 Å². The Morgan fingerprint density at radius 2 is 2.00 bits per heavy atom. The number of fused-ring (bicyclic) bond motifs is 1. The van der Waals surface area contributed by atoms with Crippen LogP contribution in [0.25, 0.3) is 23.8 Å². The van der Waals surface area contributed by atoms with Crippen molar-refractivity contribution in [1.29, 1.82) is 0 Å². The van der Waals surface area contributed by atoms with E-state index in [1.807, 2.05) is 35.6 Å². The summed E-state index contributed by atoms with van der Waals surface area (Å²) >= 11 is 1.88. The molecule has 0 aliphatic heterocycles. The highest BCUT2D eigenvalue weighted by molar-refractivity contribution is 7.11. The molecule has 3 aromatic rings. The predicted octanol–water partition coefficient (Wildman–Crippen LogP) is 6.17. The Hall–Kier alpha value is -3.17. The molecule has 1 aliphatic rings. The molecule has 31 heavy (non-hydrogen) atoms. The van der Waals surface area contributed by atoms with Crippen molar-refractivity contribution in [2.24, 2.45) is 4.99 Å². The molecule has 156 valence electrons. The number of allylic oxidation sites excluding steroid dienone is 1. The molecule has 1 aliphatic carbocycles. The Morgan fingerprint density at radius 3 is 2.77 bits per heavy atom. The Labute approximate surface area is 188 Å². The average Bonchev–Trinajstić information content (AvgIpc) is 3.38. The molecule has 0 amide bonds. The number of benzene rings is 2. The highest BCUT2D eigenvalue weighted by Crippen LogP contribution is 2.31. The van der Waals surface area contributed by atoms with Gasteiger partial charge in [0.15, 0.2) is 0 Å². The van der Waals surface area contributed by atoms with Gasteiger partial charge in [-0.05, 0) is 59.7 Å². The standard InChI is InChI=1S/C28H28N2S/c1-5-11-23(28-22(6-2)24-14-10-17-27(24)31-28)21-13-9-12-20(18-21)19-30(4)26-16-8-7-15-25(26)29-3/h6-9,11-18H,2-3,5,10,19H2,1,4H3/b23-11-. The second-order valence-electron chi connectivity index (χ2n) is 7.70. The molecule has 0 saturated carbocycles. The first-order valence-corrected chi connectivity index (χ1v) is 11.5. The van der Waals surface area contributed by atoms with Crippen LogP contribution in [0.2, 0.25) is 0 Å². The van der Waals surface area contributed by atoms with Crippen molar-refractivity contribution in [3.63, 3.8) is 0 Å². The number of hydrogen-bond acceptors (Lipinski definition) is 3. The van der Waals surface area contributed by atoms with Crippen LogP contribution in [0.1, 0.15) is 41.3 Å². The second kappa shape index (κ2) is 9.32. The average molecular weight is 425 g/mol. The van der Waals surface area contributed by atoms with Crippen molar-refractivity contribution in [2.45, 2.75) is 26.3 Å². The molecule has 4 rings (SSSR count). The van der Waals surface area contributed by atoms with Crippen LogP contribution >= 0.6 is 11.3 Å². The normalized spacial score (nSPS) is 12.6. The van der Waals surface area contributed by atoms with Crippen LogP contribution in [0, 0.1) is 0 Å². The van der Waals surface area contributed by atoms with Gasteiger partial charge < -0.3 is 4.90 Å². The summed E-state index contributed by atoms with van der Waals surface area (Å²) in [4.78, 5) is 7.72. The van der Waals surface area contributed by atoms with Gasteiger partial charge in [0.05, 0.1) is 11.4 Å². The first-order valence-electron chi connectivity index (χ1n) is 10.7. The van der Waals surface area contributed by atoms with Crippen LogP contribution in [0.3, 0.4) is 0 Å². The van der Waals surface area contributed by atoms with Crippen LogP contribution in [0.15, 0.2) is 66.2 Å². The zero-order valence-corrected chi connectivity index (χ0v) is 19.1. The Balaban J connectivity index is 1.70. The molecule has 2 nitrogen and oxygen atoms in total. The molecule has 0 atom stereocenters. The van der Waals surface area contributed by atoms with Gasteiger partial charge in [-0.3, -0.25) is 4.99 Å². The van der Waals surface area contributed by atoms with Gasteiger partial charge in [-0.15, -0.1) is 11.3 Å². The van der Waals surface area contributed by atoms with Crippen molar-refractivity contribution < 1.29 is 0 Å². The molecule has 1 aromatic heterocycles. The SMILES string of the molecule is C=Cc1c(/C(=C\CC)c2cccc(CN(C)c3ccccc3N=C)c2)sc2c1=CCC=2. The summed E-state index contributed by atoms with van der Waals surface area (Å²) in [5.41, 5.74) is 7.08. The van der Waals surface area contributed by atoms with E-state index in [1.54, 1.807) is 0 Å². The van der Waals surface area contributed by atoms with Gasteiger partial charge in [-0.1, -0.05) is 68.1 Å². The molecule has 1 heterocycles. The first kappa shape index (κ1) is 21.1. The zero-order valence-electron chi connectivity index (χ0n) is 18.3. The second-order valence-corrected chi connectivity index (χ2v) is 8.75. The molecule has 0 fully saturated rings. The van der Waals surface area contributed by atoms with Gasteiger partial charge in [0.25, 0.3) is 0 Å². The molecular formula is C28H28N2S. The number of thiophene rings is 1. The van der Waals surface area contributed by atoms with Crippen molar-refractivity contribution >= 4 is 53.2 Å². The van der Waals surface area contributed by atoms with E-state index in [1.165, 1.54) is 36.9 Å². The van der Waals surface area contributed by atoms with Crippen molar-refractivity contribution in [3.8, 4) is 0 Å². The Morgan fingerprint density at radius 1 is 1.16 bits per heavy atom. The molecule has 0 N–H and O–H groups in total. The lowest BCUT2D eigenvalue weighted by Crippen LogP contribution is -2.16. The van der Waals surface area contributed by atoms with Crippen LogP contribution in [-0.4, -0.2) is 13.8 Å². The molecule has 0 saturated heterocycles. The summed E-state index contributed by atoms with van der Waals surface area (Å²) in [5.74, 6) is 0. The van der Waals surface area contributed by atoms with E-state index in [0.717, 1.165) is 30.8 Å². The van der Waals surface area contributed by atoms with Crippen LogP contribution < -0.4 is 14.7 Å². The predicted molar refractivity (Wildman–Crippen MR) is 139 cm³/mol. The maximum Gasteiger partial charge on any atom is 0.0855 e. The fraction of sp³-hybridized carbons (Fsp3) is 0.179. The third-order valence-electron chi connectivity index (χ3n) is 5.62. The van der Waals surface area contributed by atoms with E-state index in [9.17, 15) is 0 Å². The monoisotopic (exact) mass is 424 g/mol. The Bertz CT molecular complexity index is 1280. The summed E-state index contributed by atoms with van der Waals surface area (Å²) in [6.07, 6.45) is 11.0. The smallest absolute Gasteiger partial charge is 0.0855 e. The molecule has 0 unspecified atom stereocenters. The molecular weight excluding hydrogens is 396 g/mol. The Kier molecular flexibility index (Phi) is 6.34. The van der Waals surface area contributed by atoms with Crippen molar-refractivity contribution in [3.05, 3.63) is 92.5 Å². The summed E-state index contributed by atoms with van der Waals surface area (Å²) in [5, 5.41) is 1.35. The first-order chi connectivity index (χ1) is 15.2. The van der Waals surface area contributed by atoms with E-state index in [0.29, 0.717) is 0 Å².